The molecular weight excluding hydrogens is 450 g/mol. The fourth-order valence-corrected chi connectivity index (χ4v) is 4.72. The third-order valence-electron chi connectivity index (χ3n) is 5.38. The average Bonchev–Trinajstić information content (AvgIpc) is 2.70. The number of hydrogen-bond donors (Lipinski definition) is 1. The summed E-state index contributed by atoms with van der Waals surface area (Å²) in [6.45, 7) is 11.1. The lowest BCUT2D eigenvalue weighted by atomic mass is 10.0. The van der Waals surface area contributed by atoms with Crippen LogP contribution in [0.2, 0.25) is 0 Å². The molecule has 0 aromatic heterocycles. The fraction of sp³-hybridized carbons (Fsp3) is 0.462. The number of aryl methyl sites for hydroxylation is 2. The van der Waals surface area contributed by atoms with Crippen molar-refractivity contribution in [2.24, 2.45) is 0 Å². The van der Waals surface area contributed by atoms with Crippen molar-refractivity contribution in [1.29, 1.82) is 0 Å². The molecule has 34 heavy (non-hydrogen) atoms. The van der Waals surface area contributed by atoms with E-state index in [-0.39, 0.29) is 12.5 Å². The Morgan fingerprint density at radius 3 is 2.21 bits per heavy atom. The monoisotopic (exact) mass is 487 g/mol. The summed E-state index contributed by atoms with van der Waals surface area (Å²) in [4.78, 5) is 28.3. The molecule has 0 unspecified atom stereocenters. The van der Waals surface area contributed by atoms with Gasteiger partial charge in [-0.05, 0) is 58.2 Å². The van der Waals surface area contributed by atoms with Crippen molar-refractivity contribution in [3.8, 4) is 0 Å². The Balaban J connectivity index is 2.48. The van der Waals surface area contributed by atoms with E-state index in [1.807, 2.05) is 65.0 Å². The molecule has 0 saturated carbocycles. The number of benzene rings is 2. The van der Waals surface area contributed by atoms with Crippen LogP contribution in [0.3, 0.4) is 0 Å². The zero-order chi connectivity index (χ0) is 25.7. The zero-order valence-electron chi connectivity index (χ0n) is 21.3. The van der Waals surface area contributed by atoms with Crippen LogP contribution in [0, 0.1) is 13.8 Å². The normalized spacial score (nSPS) is 12.7. The highest BCUT2D eigenvalue weighted by Gasteiger charge is 2.33. The van der Waals surface area contributed by atoms with Gasteiger partial charge in [-0.3, -0.25) is 13.9 Å². The Morgan fingerprint density at radius 1 is 1.03 bits per heavy atom. The molecule has 1 atom stereocenters. The van der Waals surface area contributed by atoms with Gasteiger partial charge in [0.15, 0.2) is 0 Å². The summed E-state index contributed by atoms with van der Waals surface area (Å²) in [5.41, 5.74) is 2.62. The molecule has 0 heterocycles. The number of carbonyl (C=O) groups is 2. The molecule has 2 rings (SSSR count). The van der Waals surface area contributed by atoms with Crippen molar-refractivity contribution >= 4 is 27.5 Å². The molecule has 8 heteroatoms. The highest BCUT2D eigenvalue weighted by atomic mass is 32.2. The second kappa shape index (κ2) is 11.0. The molecule has 2 amide bonds. The molecule has 186 valence electrons. The van der Waals surface area contributed by atoms with Gasteiger partial charge in [0.2, 0.25) is 21.8 Å². The maximum absolute atomic E-state index is 13.7. The van der Waals surface area contributed by atoms with Gasteiger partial charge in [-0.15, -0.1) is 0 Å². The minimum absolute atomic E-state index is 0.196. The van der Waals surface area contributed by atoms with Gasteiger partial charge in [-0.25, -0.2) is 8.42 Å². The molecule has 0 aliphatic heterocycles. The summed E-state index contributed by atoms with van der Waals surface area (Å²) in [6, 6.07) is 14.0. The van der Waals surface area contributed by atoms with Gasteiger partial charge >= 0.3 is 0 Å². The molecular formula is C26H37N3O4S. The van der Waals surface area contributed by atoms with Crippen molar-refractivity contribution < 1.29 is 18.0 Å². The predicted octanol–water partition coefficient (Wildman–Crippen LogP) is 3.79. The number of sulfonamides is 1. The molecule has 0 bridgehead atoms. The summed E-state index contributed by atoms with van der Waals surface area (Å²) >= 11 is 0. The summed E-state index contributed by atoms with van der Waals surface area (Å²) in [7, 11) is -3.74. The van der Waals surface area contributed by atoms with E-state index in [9.17, 15) is 18.0 Å². The molecule has 7 nitrogen and oxygen atoms in total. The average molecular weight is 488 g/mol. The van der Waals surface area contributed by atoms with Gasteiger partial charge in [0, 0.05) is 12.1 Å². The van der Waals surface area contributed by atoms with Crippen LogP contribution in [0.4, 0.5) is 5.69 Å². The zero-order valence-corrected chi connectivity index (χ0v) is 22.1. The van der Waals surface area contributed by atoms with Crippen LogP contribution in [0.25, 0.3) is 0 Å². The third kappa shape index (κ3) is 7.58. The van der Waals surface area contributed by atoms with E-state index in [4.69, 9.17) is 0 Å². The van der Waals surface area contributed by atoms with E-state index in [0.717, 1.165) is 27.3 Å². The first kappa shape index (κ1) is 27.4. The summed E-state index contributed by atoms with van der Waals surface area (Å²) < 4.78 is 26.5. The first-order valence-corrected chi connectivity index (χ1v) is 13.3. The largest absolute Gasteiger partial charge is 0.350 e. The number of nitrogens with one attached hydrogen (secondary N) is 1. The number of anilines is 1. The van der Waals surface area contributed by atoms with Gasteiger partial charge in [0.25, 0.3) is 0 Å². The van der Waals surface area contributed by atoms with Gasteiger partial charge < -0.3 is 10.2 Å². The highest BCUT2D eigenvalue weighted by Crippen LogP contribution is 2.23. The fourth-order valence-electron chi connectivity index (χ4n) is 3.82. The third-order valence-corrected chi connectivity index (χ3v) is 6.51. The van der Waals surface area contributed by atoms with E-state index in [1.165, 1.54) is 4.90 Å². The minimum atomic E-state index is -3.74. The highest BCUT2D eigenvalue weighted by molar-refractivity contribution is 7.92. The molecule has 0 spiro atoms. The van der Waals surface area contributed by atoms with Gasteiger partial charge in [-0.2, -0.15) is 0 Å². The Bertz CT molecular complexity index is 1120. The van der Waals surface area contributed by atoms with Crippen molar-refractivity contribution in [2.45, 2.75) is 66.1 Å². The number of rotatable bonds is 9. The second-order valence-electron chi connectivity index (χ2n) is 9.73. The molecule has 0 radical (unpaired) electrons. The maximum Gasteiger partial charge on any atom is 0.244 e. The van der Waals surface area contributed by atoms with Gasteiger partial charge in [-0.1, -0.05) is 55.0 Å². The number of nitrogens with zero attached hydrogens (tertiary/aromatic N) is 2. The Labute approximate surface area is 204 Å². The number of hydrogen-bond acceptors (Lipinski definition) is 4. The van der Waals surface area contributed by atoms with E-state index < -0.39 is 34.1 Å². The SMILES string of the molecule is CC[C@@H](C(=O)NC(C)(C)C)N(Cc1cccc(C)c1)C(=O)CN(c1ccccc1C)S(C)(=O)=O. The second-order valence-corrected chi connectivity index (χ2v) is 11.6. The molecule has 0 fully saturated rings. The molecule has 0 aliphatic rings. The van der Waals surface area contributed by atoms with E-state index in [1.54, 1.807) is 25.1 Å². The quantitative estimate of drug-likeness (QED) is 0.583. The molecule has 2 aromatic rings. The van der Waals surface area contributed by atoms with Crippen LogP contribution in [0.15, 0.2) is 48.5 Å². The molecule has 0 aliphatic carbocycles. The number of amides is 2. The van der Waals surface area contributed by atoms with E-state index in [0.29, 0.717) is 12.1 Å². The van der Waals surface area contributed by atoms with E-state index >= 15 is 0 Å². The van der Waals surface area contributed by atoms with Crippen LogP contribution in [0.1, 0.15) is 50.8 Å². The van der Waals surface area contributed by atoms with Crippen LogP contribution in [-0.2, 0) is 26.2 Å². The van der Waals surface area contributed by atoms with Crippen molar-refractivity contribution in [1.82, 2.24) is 10.2 Å². The van der Waals surface area contributed by atoms with Crippen molar-refractivity contribution in [3.05, 3.63) is 65.2 Å². The lowest BCUT2D eigenvalue weighted by Gasteiger charge is -2.34. The Hall–Kier alpha value is -2.87. The summed E-state index contributed by atoms with van der Waals surface area (Å²) in [6.07, 6.45) is 1.48. The number of para-hydroxylation sites is 1. The van der Waals surface area contributed by atoms with Crippen molar-refractivity contribution in [3.63, 3.8) is 0 Å². The lowest BCUT2D eigenvalue weighted by molar-refractivity contribution is -0.141. The maximum atomic E-state index is 13.7. The summed E-state index contributed by atoms with van der Waals surface area (Å²) in [5, 5.41) is 2.96. The van der Waals surface area contributed by atoms with Gasteiger partial charge in [0.05, 0.1) is 11.9 Å². The predicted molar refractivity (Wildman–Crippen MR) is 137 cm³/mol. The van der Waals surface area contributed by atoms with E-state index in [2.05, 4.69) is 5.32 Å². The van der Waals surface area contributed by atoms with Crippen LogP contribution < -0.4 is 9.62 Å². The first-order valence-electron chi connectivity index (χ1n) is 11.4. The minimum Gasteiger partial charge on any atom is -0.350 e. The standard InChI is InChI=1S/C26H37N3O4S/c1-8-22(25(31)27-26(4,5)6)28(17-21-14-11-12-19(2)16-21)24(30)18-29(34(7,32)33)23-15-10-9-13-20(23)3/h9-16,22H,8,17-18H2,1-7H3,(H,27,31)/t22-/m0/s1. The smallest absolute Gasteiger partial charge is 0.244 e. The topological polar surface area (TPSA) is 86.8 Å². The van der Waals surface area contributed by atoms with Crippen LogP contribution in [-0.4, -0.2) is 49.5 Å². The molecule has 1 N–H and O–H groups in total. The molecule has 2 aromatic carbocycles. The molecule has 0 saturated heterocycles. The van der Waals surface area contributed by atoms with Crippen LogP contribution >= 0.6 is 0 Å². The van der Waals surface area contributed by atoms with Crippen LogP contribution in [0.5, 0.6) is 0 Å². The Kier molecular flexibility index (Phi) is 8.89. The number of carbonyl (C=O) groups excluding carboxylic acids is 2. The van der Waals surface area contributed by atoms with Crippen molar-refractivity contribution in [2.75, 3.05) is 17.1 Å². The Morgan fingerprint density at radius 2 is 1.68 bits per heavy atom. The first-order chi connectivity index (χ1) is 15.7. The van der Waals surface area contributed by atoms with Gasteiger partial charge in [0.1, 0.15) is 12.6 Å². The lowest BCUT2D eigenvalue weighted by Crippen LogP contribution is -2.55. The summed E-state index contributed by atoms with van der Waals surface area (Å²) in [5.74, 6) is -0.705.